The van der Waals surface area contributed by atoms with Gasteiger partial charge in [0.1, 0.15) is 6.26 Å². The molecule has 1 aromatic heterocycles. The van der Waals surface area contributed by atoms with Crippen LogP contribution in [0.3, 0.4) is 0 Å². The van der Waals surface area contributed by atoms with Crippen LogP contribution in [0.4, 0.5) is 0 Å². The van der Waals surface area contributed by atoms with Crippen molar-refractivity contribution in [1.82, 2.24) is 15.6 Å². The van der Waals surface area contributed by atoms with E-state index in [9.17, 15) is 4.79 Å². The second-order valence-electron chi connectivity index (χ2n) is 4.30. The monoisotopic (exact) mass is 259 g/mol. The van der Waals surface area contributed by atoms with E-state index in [-0.39, 0.29) is 11.9 Å². The molecule has 1 amide bonds. The SMILES string of the molecule is CNC(C)CNC(=O)c1coc(-c2ccccc2)n1. The molecule has 0 saturated heterocycles. The number of hydrogen-bond donors (Lipinski definition) is 2. The molecule has 2 rings (SSSR count). The number of oxazole rings is 1. The van der Waals surface area contributed by atoms with E-state index in [2.05, 4.69) is 15.6 Å². The molecule has 1 atom stereocenters. The molecule has 0 aliphatic heterocycles. The third-order valence-corrected chi connectivity index (χ3v) is 2.82. The lowest BCUT2D eigenvalue weighted by Crippen LogP contribution is -2.37. The van der Waals surface area contributed by atoms with E-state index in [1.807, 2.05) is 44.3 Å². The number of carbonyl (C=O) groups is 1. The number of nitrogens with zero attached hydrogens (tertiary/aromatic N) is 1. The van der Waals surface area contributed by atoms with Crippen molar-refractivity contribution in [3.63, 3.8) is 0 Å². The summed E-state index contributed by atoms with van der Waals surface area (Å²) >= 11 is 0. The maximum Gasteiger partial charge on any atom is 0.273 e. The first-order valence-corrected chi connectivity index (χ1v) is 6.17. The van der Waals surface area contributed by atoms with Crippen LogP contribution in [0.2, 0.25) is 0 Å². The summed E-state index contributed by atoms with van der Waals surface area (Å²) in [5.74, 6) is 0.223. The van der Waals surface area contributed by atoms with Gasteiger partial charge in [-0.05, 0) is 26.1 Å². The molecule has 0 spiro atoms. The van der Waals surface area contributed by atoms with Crippen molar-refractivity contribution in [2.24, 2.45) is 0 Å². The predicted octanol–water partition coefficient (Wildman–Crippen LogP) is 1.68. The average Bonchev–Trinajstić information content (AvgIpc) is 2.95. The van der Waals surface area contributed by atoms with E-state index in [4.69, 9.17) is 4.42 Å². The second kappa shape index (κ2) is 6.15. The van der Waals surface area contributed by atoms with Crippen LogP contribution in [0.5, 0.6) is 0 Å². The average molecular weight is 259 g/mol. The van der Waals surface area contributed by atoms with Crippen LogP contribution in [0.15, 0.2) is 41.0 Å². The molecular weight excluding hydrogens is 242 g/mol. The van der Waals surface area contributed by atoms with Crippen LogP contribution in [0.1, 0.15) is 17.4 Å². The fourth-order valence-corrected chi connectivity index (χ4v) is 1.53. The highest BCUT2D eigenvalue weighted by molar-refractivity contribution is 5.92. The molecule has 0 radical (unpaired) electrons. The molecule has 1 unspecified atom stereocenters. The molecule has 0 aliphatic rings. The van der Waals surface area contributed by atoms with Crippen molar-refractivity contribution in [3.8, 4) is 11.5 Å². The third kappa shape index (κ3) is 3.42. The summed E-state index contributed by atoms with van der Waals surface area (Å²) in [6.07, 6.45) is 1.38. The van der Waals surface area contributed by atoms with Crippen LogP contribution in [0, 0.1) is 0 Å². The van der Waals surface area contributed by atoms with Crippen molar-refractivity contribution in [3.05, 3.63) is 42.3 Å². The summed E-state index contributed by atoms with van der Waals surface area (Å²) in [7, 11) is 1.85. The van der Waals surface area contributed by atoms with Gasteiger partial charge in [-0.1, -0.05) is 18.2 Å². The van der Waals surface area contributed by atoms with Crippen molar-refractivity contribution in [2.75, 3.05) is 13.6 Å². The molecule has 100 valence electrons. The van der Waals surface area contributed by atoms with Crippen LogP contribution in [-0.4, -0.2) is 30.5 Å². The maximum atomic E-state index is 11.8. The molecular formula is C14H17N3O2. The standard InChI is InChI=1S/C14H17N3O2/c1-10(15-2)8-16-13(18)12-9-19-14(17-12)11-6-4-3-5-7-11/h3-7,9-10,15H,8H2,1-2H3,(H,16,18). The van der Waals surface area contributed by atoms with Gasteiger partial charge in [0.25, 0.3) is 5.91 Å². The molecule has 0 saturated carbocycles. The van der Waals surface area contributed by atoms with E-state index in [1.54, 1.807) is 0 Å². The van der Waals surface area contributed by atoms with Crippen LogP contribution < -0.4 is 10.6 Å². The number of carbonyl (C=O) groups excluding carboxylic acids is 1. The van der Waals surface area contributed by atoms with Gasteiger partial charge in [0, 0.05) is 18.2 Å². The highest BCUT2D eigenvalue weighted by atomic mass is 16.3. The molecule has 1 aromatic carbocycles. The van der Waals surface area contributed by atoms with Crippen molar-refractivity contribution in [2.45, 2.75) is 13.0 Å². The quantitative estimate of drug-likeness (QED) is 0.857. The van der Waals surface area contributed by atoms with Crippen molar-refractivity contribution in [1.29, 1.82) is 0 Å². The minimum atomic E-state index is -0.229. The van der Waals surface area contributed by atoms with Gasteiger partial charge >= 0.3 is 0 Å². The van der Waals surface area contributed by atoms with E-state index in [1.165, 1.54) is 6.26 Å². The molecule has 5 heteroatoms. The third-order valence-electron chi connectivity index (χ3n) is 2.82. The minimum absolute atomic E-state index is 0.212. The number of aromatic nitrogens is 1. The van der Waals surface area contributed by atoms with Gasteiger partial charge in [0.05, 0.1) is 0 Å². The first-order chi connectivity index (χ1) is 9.20. The van der Waals surface area contributed by atoms with Gasteiger partial charge in [0.2, 0.25) is 5.89 Å². The highest BCUT2D eigenvalue weighted by Crippen LogP contribution is 2.17. The van der Waals surface area contributed by atoms with E-state index < -0.39 is 0 Å². The lowest BCUT2D eigenvalue weighted by molar-refractivity contribution is 0.0945. The zero-order valence-electron chi connectivity index (χ0n) is 11.0. The Hall–Kier alpha value is -2.14. The Balaban J connectivity index is 2.03. The topological polar surface area (TPSA) is 67.2 Å². The number of hydrogen-bond acceptors (Lipinski definition) is 4. The number of benzene rings is 1. The molecule has 1 heterocycles. The Bertz CT molecular complexity index is 537. The lowest BCUT2D eigenvalue weighted by Gasteiger charge is -2.09. The normalized spacial score (nSPS) is 12.1. The molecule has 0 fully saturated rings. The molecule has 0 aliphatic carbocycles. The van der Waals surface area contributed by atoms with Crippen molar-refractivity contribution < 1.29 is 9.21 Å². The Morgan fingerprint density at radius 2 is 2.11 bits per heavy atom. The zero-order valence-corrected chi connectivity index (χ0v) is 11.0. The van der Waals surface area contributed by atoms with E-state index in [0.717, 1.165) is 5.56 Å². The Morgan fingerprint density at radius 1 is 1.37 bits per heavy atom. The molecule has 5 nitrogen and oxygen atoms in total. The number of likely N-dealkylation sites (N-methyl/N-ethyl adjacent to an activating group) is 1. The lowest BCUT2D eigenvalue weighted by atomic mass is 10.2. The Morgan fingerprint density at radius 3 is 2.79 bits per heavy atom. The minimum Gasteiger partial charge on any atom is -0.444 e. The van der Waals surface area contributed by atoms with Crippen molar-refractivity contribution >= 4 is 5.91 Å². The van der Waals surface area contributed by atoms with Crippen LogP contribution in [0.25, 0.3) is 11.5 Å². The number of rotatable bonds is 5. The summed E-state index contributed by atoms with van der Waals surface area (Å²) in [6.45, 7) is 2.53. The van der Waals surface area contributed by atoms with Gasteiger partial charge in [-0.25, -0.2) is 4.98 Å². The summed E-state index contributed by atoms with van der Waals surface area (Å²) in [5.41, 5.74) is 1.15. The Labute approximate surface area is 112 Å². The smallest absolute Gasteiger partial charge is 0.273 e. The first-order valence-electron chi connectivity index (χ1n) is 6.17. The van der Waals surface area contributed by atoms with Gasteiger partial charge in [-0.3, -0.25) is 4.79 Å². The second-order valence-corrected chi connectivity index (χ2v) is 4.30. The maximum absolute atomic E-state index is 11.8. The first kappa shape index (κ1) is 13.3. The van der Waals surface area contributed by atoms with Gasteiger partial charge in [-0.15, -0.1) is 0 Å². The summed E-state index contributed by atoms with van der Waals surface area (Å²) < 4.78 is 5.32. The molecule has 19 heavy (non-hydrogen) atoms. The van der Waals surface area contributed by atoms with Gasteiger partial charge < -0.3 is 15.1 Å². The molecule has 0 bridgehead atoms. The zero-order chi connectivity index (χ0) is 13.7. The van der Waals surface area contributed by atoms with E-state index >= 15 is 0 Å². The predicted molar refractivity (Wildman–Crippen MR) is 72.8 cm³/mol. The highest BCUT2D eigenvalue weighted by Gasteiger charge is 2.13. The fourth-order valence-electron chi connectivity index (χ4n) is 1.53. The van der Waals surface area contributed by atoms with Crippen LogP contribution in [-0.2, 0) is 0 Å². The van der Waals surface area contributed by atoms with E-state index in [0.29, 0.717) is 18.1 Å². The largest absolute Gasteiger partial charge is 0.444 e. The Kier molecular flexibility index (Phi) is 4.30. The summed E-state index contributed by atoms with van der Waals surface area (Å²) in [5, 5.41) is 5.83. The fraction of sp³-hybridized carbons (Fsp3) is 0.286. The number of amides is 1. The molecule has 2 N–H and O–H groups in total. The molecule has 2 aromatic rings. The van der Waals surface area contributed by atoms with Crippen LogP contribution >= 0.6 is 0 Å². The summed E-state index contributed by atoms with van der Waals surface area (Å²) in [6, 6.07) is 9.69. The van der Waals surface area contributed by atoms with Gasteiger partial charge in [0.15, 0.2) is 5.69 Å². The number of nitrogens with one attached hydrogen (secondary N) is 2. The van der Waals surface area contributed by atoms with Gasteiger partial charge in [-0.2, -0.15) is 0 Å². The summed E-state index contributed by atoms with van der Waals surface area (Å²) in [4.78, 5) is 16.0.